The average molecular weight is 224 g/mol. The predicted molar refractivity (Wildman–Crippen MR) is 64.5 cm³/mol. The van der Waals surface area contributed by atoms with Crippen LogP contribution in [0.2, 0.25) is 0 Å². The lowest BCUT2D eigenvalue weighted by molar-refractivity contribution is 0.455. The SMILES string of the molecule is [CH2]C#COc1cccc(Oc2ccccn2)c1. The van der Waals surface area contributed by atoms with Crippen molar-refractivity contribution in [3.63, 3.8) is 0 Å². The van der Waals surface area contributed by atoms with E-state index < -0.39 is 0 Å². The predicted octanol–water partition coefficient (Wildman–Crippen LogP) is 3.05. The molecule has 2 aromatic rings. The zero-order valence-corrected chi connectivity index (χ0v) is 9.09. The van der Waals surface area contributed by atoms with E-state index in [0.717, 1.165) is 0 Å². The molecule has 0 spiro atoms. The van der Waals surface area contributed by atoms with Crippen LogP contribution in [0.4, 0.5) is 0 Å². The fraction of sp³-hybridized carbons (Fsp3) is 0. The van der Waals surface area contributed by atoms with Gasteiger partial charge in [0.15, 0.2) is 0 Å². The molecule has 0 N–H and O–H groups in total. The van der Waals surface area contributed by atoms with E-state index in [1.165, 1.54) is 0 Å². The first kappa shape index (κ1) is 11.0. The van der Waals surface area contributed by atoms with Crippen molar-refractivity contribution < 1.29 is 9.47 Å². The Bertz CT molecular complexity index is 541. The lowest BCUT2D eigenvalue weighted by Crippen LogP contribution is -1.88. The summed E-state index contributed by atoms with van der Waals surface area (Å²) in [6.07, 6.45) is 4.09. The van der Waals surface area contributed by atoms with E-state index in [1.807, 2.05) is 24.3 Å². The fourth-order valence-electron chi connectivity index (χ4n) is 1.22. The van der Waals surface area contributed by atoms with E-state index in [-0.39, 0.29) is 0 Å². The van der Waals surface area contributed by atoms with Crippen molar-refractivity contribution in [2.45, 2.75) is 0 Å². The summed E-state index contributed by atoms with van der Waals surface area (Å²) in [5.74, 6) is 4.20. The number of benzene rings is 1. The Morgan fingerprint density at radius 3 is 2.71 bits per heavy atom. The first-order valence-corrected chi connectivity index (χ1v) is 5.01. The van der Waals surface area contributed by atoms with Gasteiger partial charge in [-0.1, -0.05) is 18.1 Å². The van der Waals surface area contributed by atoms with Gasteiger partial charge in [0, 0.05) is 25.3 Å². The standard InChI is InChI=1S/C14H10NO2/c1-2-10-16-12-6-5-7-13(11-12)17-14-8-3-4-9-15-14/h3-9,11H,1H2. The molecule has 1 radical (unpaired) electrons. The highest BCUT2D eigenvalue weighted by Gasteiger charge is 1.99. The molecule has 0 aliphatic heterocycles. The van der Waals surface area contributed by atoms with E-state index >= 15 is 0 Å². The van der Waals surface area contributed by atoms with Crippen LogP contribution in [0, 0.1) is 19.0 Å². The molecule has 1 aromatic carbocycles. The van der Waals surface area contributed by atoms with Crippen molar-refractivity contribution in [3.8, 4) is 29.4 Å². The van der Waals surface area contributed by atoms with Gasteiger partial charge < -0.3 is 9.47 Å². The third kappa shape index (κ3) is 3.25. The van der Waals surface area contributed by atoms with Crippen molar-refractivity contribution in [2.75, 3.05) is 0 Å². The topological polar surface area (TPSA) is 31.4 Å². The molecule has 0 saturated heterocycles. The number of nitrogens with zero attached hydrogens (tertiary/aromatic N) is 1. The highest BCUT2D eigenvalue weighted by atomic mass is 16.5. The van der Waals surface area contributed by atoms with Crippen molar-refractivity contribution in [1.82, 2.24) is 4.98 Å². The van der Waals surface area contributed by atoms with Gasteiger partial charge in [-0.2, -0.15) is 0 Å². The minimum Gasteiger partial charge on any atom is -0.439 e. The summed E-state index contributed by atoms with van der Waals surface area (Å²) < 4.78 is 10.7. The zero-order chi connectivity index (χ0) is 11.9. The highest BCUT2D eigenvalue weighted by molar-refractivity contribution is 5.35. The second-order valence-electron chi connectivity index (χ2n) is 3.13. The summed E-state index contributed by atoms with van der Waals surface area (Å²) in [6, 6.07) is 12.6. The van der Waals surface area contributed by atoms with Crippen LogP contribution in [-0.2, 0) is 0 Å². The Morgan fingerprint density at radius 2 is 1.94 bits per heavy atom. The van der Waals surface area contributed by atoms with E-state index in [4.69, 9.17) is 9.47 Å². The summed E-state index contributed by atoms with van der Waals surface area (Å²) in [4.78, 5) is 4.06. The van der Waals surface area contributed by atoms with Crippen LogP contribution in [-0.4, -0.2) is 4.98 Å². The molecule has 0 saturated carbocycles. The summed E-state index contributed by atoms with van der Waals surface area (Å²) in [5.41, 5.74) is 0. The number of ether oxygens (including phenoxy) is 2. The minimum atomic E-state index is 0.535. The lowest BCUT2D eigenvalue weighted by Gasteiger charge is -2.04. The van der Waals surface area contributed by atoms with Gasteiger partial charge >= 0.3 is 0 Å². The molecule has 0 fully saturated rings. The molecule has 0 unspecified atom stereocenters. The van der Waals surface area contributed by atoms with Gasteiger partial charge in [-0.25, -0.2) is 4.98 Å². The van der Waals surface area contributed by atoms with E-state index in [0.29, 0.717) is 17.4 Å². The van der Waals surface area contributed by atoms with Gasteiger partial charge in [-0.3, -0.25) is 0 Å². The second-order valence-corrected chi connectivity index (χ2v) is 3.13. The Morgan fingerprint density at radius 1 is 1.06 bits per heavy atom. The normalized spacial score (nSPS) is 9.00. The second kappa shape index (κ2) is 5.57. The van der Waals surface area contributed by atoms with Crippen molar-refractivity contribution in [2.24, 2.45) is 0 Å². The molecule has 3 heteroatoms. The molecular weight excluding hydrogens is 214 g/mol. The first-order valence-electron chi connectivity index (χ1n) is 5.01. The Labute approximate surface area is 100 Å². The maximum absolute atomic E-state index is 5.54. The molecule has 1 heterocycles. The van der Waals surface area contributed by atoms with E-state index in [1.54, 1.807) is 24.4 Å². The monoisotopic (exact) mass is 224 g/mol. The summed E-state index contributed by atoms with van der Waals surface area (Å²) in [6.45, 7) is 3.36. The van der Waals surface area contributed by atoms with Crippen LogP contribution in [0.25, 0.3) is 0 Å². The van der Waals surface area contributed by atoms with Crippen molar-refractivity contribution in [3.05, 3.63) is 55.6 Å². The Kier molecular flexibility index (Phi) is 3.61. The molecule has 17 heavy (non-hydrogen) atoms. The minimum absolute atomic E-state index is 0.535. The fourth-order valence-corrected chi connectivity index (χ4v) is 1.22. The molecule has 0 atom stereocenters. The number of hydrogen-bond acceptors (Lipinski definition) is 3. The molecule has 2 rings (SSSR count). The molecule has 83 valence electrons. The molecule has 1 aromatic heterocycles. The number of aromatic nitrogens is 1. The maximum Gasteiger partial charge on any atom is 0.219 e. The van der Waals surface area contributed by atoms with Crippen molar-refractivity contribution in [1.29, 1.82) is 0 Å². The van der Waals surface area contributed by atoms with Crippen molar-refractivity contribution >= 4 is 0 Å². The van der Waals surface area contributed by atoms with E-state index in [2.05, 4.69) is 23.9 Å². The first-order chi connectivity index (χ1) is 8.38. The average Bonchev–Trinajstić information content (AvgIpc) is 2.38. The van der Waals surface area contributed by atoms with Crippen LogP contribution in [0.5, 0.6) is 17.4 Å². The van der Waals surface area contributed by atoms with Crippen LogP contribution in [0.1, 0.15) is 0 Å². The lowest BCUT2D eigenvalue weighted by atomic mass is 10.3. The molecule has 0 bridgehead atoms. The summed E-state index contributed by atoms with van der Waals surface area (Å²) in [5, 5.41) is 0. The van der Waals surface area contributed by atoms with Gasteiger partial charge in [-0.05, 0) is 18.2 Å². The van der Waals surface area contributed by atoms with Gasteiger partial charge in [-0.15, -0.1) is 0 Å². The third-order valence-corrected chi connectivity index (χ3v) is 1.91. The summed E-state index contributed by atoms with van der Waals surface area (Å²) >= 11 is 0. The third-order valence-electron chi connectivity index (χ3n) is 1.91. The largest absolute Gasteiger partial charge is 0.439 e. The van der Waals surface area contributed by atoms with Crippen LogP contribution < -0.4 is 9.47 Å². The van der Waals surface area contributed by atoms with Crippen LogP contribution in [0.3, 0.4) is 0 Å². The number of pyridine rings is 1. The van der Waals surface area contributed by atoms with Gasteiger partial charge in [0.2, 0.25) is 5.88 Å². The zero-order valence-electron chi connectivity index (χ0n) is 9.09. The van der Waals surface area contributed by atoms with Crippen LogP contribution in [0.15, 0.2) is 48.7 Å². The molecule has 3 nitrogen and oxygen atoms in total. The quantitative estimate of drug-likeness (QED) is 0.751. The Hall–Kier alpha value is -2.47. The van der Waals surface area contributed by atoms with Gasteiger partial charge in [0.25, 0.3) is 0 Å². The smallest absolute Gasteiger partial charge is 0.219 e. The highest BCUT2D eigenvalue weighted by Crippen LogP contribution is 2.23. The maximum atomic E-state index is 5.54. The summed E-state index contributed by atoms with van der Waals surface area (Å²) in [7, 11) is 0. The molecule has 0 aliphatic rings. The molecular formula is C14H10NO2. The molecule has 0 amide bonds. The molecule has 0 aliphatic carbocycles. The van der Waals surface area contributed by atoms with Crippen LogP contribution >= 0.6 is 0 Å². The van der Waals surface area contributed by atoms with Gasteiger partial charge in [0.1, 0.15) is 17.6 Å². The number of rotatable bonds is 3. The van der Waals surface area contributed by atoms with Gasteiger partial charge in [0.05, 0.1) is 0 Å². The van der Waals surface area contributed by atoms with E-state index in [9.17, 15) is 0 Å². The number of hydrogen-bond donors (Lipinski definition) is 0. The Balaban J connectivity index is 2.13.